The molecule has 0 aliphatic carbocycles. The summed E-state index contributed by atoms with van der Waals surface area (Å²) in [5.41, 5.74) is 3.34. The Balaban J connectivity index is 2.64. The smallest absolute Gasteiger partial charge is 0.224 e. The molecule has 0 bridgehead atoms. The lowest BCUT2D eigenvalue weighted by Gasteiger charge is -2.14. The van der Waals surface area contributed by atoms with Crippen LogP contribution < -0.4 is 5.32 Å². The highest BCUT2D eigenvalue weighted by molar-refractivity contribution is 5.79. The summed E-state index contributed by atoms with van der Waals surface area (Å²) in [6.07, 6.45) is 1.12. The normalized spacial score (nSPS) is 12.2. The fourth-order valence-corrected chi connectivity index (χ4v) is 1.72. The Morgan fingerprint density at radius 2 is 2.12 bits per heavy atom. The van der Waals surface area contributed by atoms with Crippen molar-refractivity contribution < 1.29 is 9.90 Å². The minimum absolute atomic E-state index is 0.00492. The van der Waals surface area contributed by atoms with Crippen LogP contribution in [0.25, 0.3) is 0 Å². The van der Waals surface area contributed by atoms with E-state index in [1.807, 2.05) is 39.0 Å². The highest BCUT2D eigenvalue weighted by atomic mass is 16.3. The van der Waals surface area contributed by atoms with E-state index in [2.05, 4.69) is 5.32 Å². The third-order valence-corrected chi connectivity index (χ3v) is 2.93. The van der Waals surface area contributed by atoms with Gasteiger partial charge >= 0.3 is 0 Å². The van der Waals surface area contributed by atoms with Crippen LogP contribution in [0.15, 0.2) is 18.2 Å². The zero-order valence-electron chi connectivity index (χ0n) is 10.8. The molecule has 0 spiro atoms. The summed E-state index contributed by atoms with van der Waals surface area (Å²) < 4.78 is 0. The van der Waals surface area contributed by atoms with Gasteiger partial charge in [-0.05, 0) is 31.4 Å². The first-order valence-corrected chi connectivity index (χ1v) is 6.03. The van der Waals surface area contributed by atoms with Gasteiger partial charge in [0, 0.05) is 0 Å². The Morgan fingerprint density at radius 1 is 1.41 bits per heavy atom. The molecule has 1 aromatic carbocycles. The second-order valence-electron chi connectivity index (χ2n) is 4.46. The van der Waals surface area contributed by atoms with Gasteiger partial charge in [0.15, 0.2) is 0 Å². The summed E-state index contributed by atoms with van der Waals surface area (Å²) in [7, 11) is 0. The second-order valence-corrected chi connectivity index (χ2v) is 4.46. The zero-order valence-corrected chi connectivity index (χ0v) is 10.8. The molecule has 0 aromatic heterocycles. The summed E-state index contributed by atoms with van der Waals surface area (Å²) in [5.74, 6) is -0.0281. The summed E-state index contributed by atoms with van der Waals surface area (Å²) in [6, 6.07) is 5.97. The molecule has 0 aliphatic rings. The molecular formula is C14H21NO2. The number of nitrogens with one attached hydrogen (secondary N) is 1. The van der Waals surface area contributed by atoms with E-state index in [9.17, 15) is 4.79 Å². The van der Waals surface area contributed by atoms with Gasteiger partial charge in [-0.3, -0.25) is 4.79 Å². The van der Waals surface area contributed by atoms with Crippen molar-refractivity contribution in [1.29, 1.82) is 0 Å². The molecule has 0 saturated heterocycles. The number of aryl methyl sites for hydroxylation is 2. The molecule has 0 radical (unpaired) electrons. The summed E-state index contributed by atoms with van der Waals surface area (Å²) in [5, 5.41) is 11.8. The number of carbonyl (C=O) groups is 1. The number of aliphatic hydroxyl groups is 1. The largest absolute Gasteiger partial charge is 0.394 e. The predicted octanol–water partition coefficient (Wildman–Crippen LogP) is 1.73. The van der Waals surface area contributed by atoms with E-state index in [4.69, 9.17) is 5.11 Å². The van der Waals surface area contributed by atoms with E-state index in [-0.39, 0.29) is 18.6 Å². The van der Waals surface area contributed by atoms with Crippen LogP contribution in [0.5, 0.6) is 0 Å². The van der Waals surface area contributed by atoms with E-state index < -0.39 is 0 Å². The molecule has 1 atom stereocenters. The van der Waals surface area contributed by atoms with E-state index >= 15 is 0 Å². The zero-order chi connectivity index (χ0) is 12.8. The third kappa shape index (κ3) is 4.19. The maximum atomic E-state index is 11.8. The van der Waals surface area contributed by atoms with Crippen LogP contribution >= 0.6 is 0 Å². The first kappa shape index (κ1) is 13.7. The number of aliphatic hydroxyl groups excluding tert-OH is 1. The highest BCUT2D eigenvalue weighted by Gasteiger charge is 2.10. The molecule has 3 nitrogen and oxygen atoms in total. The minimum atomic E-state index is -0.132. The number of carbonyl (C=O) groups excluding carboxylic acids is 1. The molecular weight excluding hydrogens is 214 g/mol. The van der Waals surface area contributed by atoms with Gasteiger partial charge in [-0.1, -0.05) is 30.7 Å². The Labute approximate surface area is 103 Å². The van der Waals surface area contributed by atoms with Crippen molar-refractivity contribution >= 4 is 5.91 Å². The van der Waals surface area contributed by atoms with Gasteiger partial charge < -0.3 is 10.4 Å². The molecule has 1 amide bonds. The SMILES string of the molecule is CC[C@@H](CO)NC(=O)Cc1cc(C)ccc1C. The molecule has 94 valence electrons. The summed E-state index contributed by atoms with van der Waals surface area (Å²) in [6.45, 7) is 5.96. The average molecular weight is 235 g/mol. The van der Waals surface area contributed by atoms with Gasteiger partial charge in [-0.2, -0.15) is 0 Å². The summed E-state index contributed by atoms with van der Waals surface area (Å²) in [4.78, 5) is 11.8. The molecule has 2 N–H and O–H groups in total. The maximum absolute atomic E-state index is 11.8. The van der Waals surface area contributed by atoms with E-state index in [0.717, 1.165) is 23.1 Å². The topological polar surface area (TPSA) is 49.3 Å². The van der Waals surface area contributed by atoms with Gasteiger partial charge in [0.05, 0.1) is 19.1 Å². The lowest BCUT2D eigenvalue weighted by atomic mass is 10.0. The number of hydrogen-bond acceptors (Lipinski definition) is 2. The number of hydrogen-bond donors (Lipinski definition) is 2. The molecule has 1 aromatic rings. The Morgan fingerprint density at radius 3 is 2.71 bits per heavy atom. The van der Waals surface area contributed by atoms with Crippen LogP contribution in [0.1, 0.15) is 30.0 Å². The molecule has 1 rings (SSSR count). The van der Waals surface area contributed by atoms with E-state index in [1.54, 1.807) is 0 Å². The Kier molecular flexibility index (Phi) is 5.16. The van der Waals surface area contributed by atoms with Gasteiger partial charge in [0.1, 0.15) is 0 Å². The van der Waals surface area contributed by atoms with Gasteiger partial charge in [0.25, 0.3) is 0 Å². The van der Waals surface area contributed by atoms with Crippen LogP contribution in [-0.4, -0.2) is 23.7 Å². The van der Waals surface area contributed by atoms with Gasteiger partial charge in [0.2, 0.25) is 5.91 Å². The molecule has 0 aliphatic heterocycles. The van der Waals surface area contributed by atoms with Crippen LogP contribution in [0.3, 0.4) is 0 Å². The quantitative estimate of drug-likeness (QED) is 0.816. The maximum Gasteiger partial charge on any atom is 0.224 e. The van der Waals surface area contributed by atoms with Gasteiger partial charge in [-0.15, -0.1) is 0 Å². The molecule has 17 heavy (non-hydrogen) atoms. The van der Waals surface area contributed by atoms with Crippen molar-refractivity contribution in [3.05, 3.63) is 34.9 Å². The lowest BCUT2D eigenvalue weighted by molar-refractivity contribution is -0.121. The molecule has 0 saturated carbocycles. The molecule has 0 fully saturated rings. The van der Waals surface area contributed by atoms with Crippen molar-refractivity contribution in [2.45, 2.75) is 39.7 Å². The Bertz CT molecular complexity index is 384. The van der Waals surface area contributed by atoms with Crippen LogP contribution in [0.4, 0.5) is 0 Å². The fourth-order valence-electron chi connectivity index (χ4n) is 1.72. The average Bonchev–Trinajstić information content (AvgIpc) is 2.31. The van der Waals surface area contributed by atoms with Crippen molar-refractivity contribution in [3.63, 3.8) is 0 Å². The lowest BCUT2D eigenvalue weighted by Crippen LogP contribution is -2.37. The first-order valence-electron chi connectivity index (χ1n) is 6.03. The third-order valence-electron chi connectivity index (χ3n) is 2.93. The monoisotopic (exact) mass is 235 g/mol. The fraction of sp³-hybridized carbons (Fsp3) is 0.500. The van der Waals surface area contributed by atoms with Crippen LogP contribution in [0, 0.1) is 13.8 Å². The predicted molar refractivity (Wildman–Crippen MR) is 68.9 cm³/mol. The van der Waals surface area contributed by atoms with E-state index in [0.29, 0.717) is 6.42 Å². The van der Waals surface area contributed by atoms with Crippen LogP contribution in [-0.2, 0) is 11.2 Å². The molecule has 0 heterocycles. The molecule has 3 heteroatoms. The Hall–Kier alpha value is -1.35. The second kappa shape index (κ2) is 6.40. The van der Waals surface area contributed by atoms with E-state index in [1.165, 1.54) is 0 Å². The van der Waals surface area contributed by atoms with Crippen molar-refractivity contribution in [1.82, 2.24) is 5.32 Å². The van der Waals surface area contributed by atoms with Crippen molar-refractivity contribution in [2.75, 3.05) is 6.61 Å². The van der Waals surface area contributed by atoms with Crippen molar-refractivity contribution in [3.8, 4) is 0 Å². The molecule has 0 unspecified atom stereocenters. The number of benzene rings is 1. The number of amides is 1. The highest BCUT2D eigenvalue weighted by Crippen LogP contribution is 2.11. The standard InChI is InChI=1S/C14H21NO2/c1-4-13(9-16)15-14(17)8-12-7-10(2)5-6-11(12)3/h5-7,13,16H,4,8-9H2,1-3H3,(H,15,17)/t13-/m0/s1. The number of rotatable bonds is 5. The minimum Gasteiger partial charge on any atom is -0.394 e. The van der Waals surface area contributed by atoms with Crippen molar-refractivity contribution in [2.24, 2.45) is 0 Å². The summed E-state index contributed by atoms with van der Waals surface area (Å²) >= 11 is 0. The first-order chi connectivity index (χ1) is 8.06. The van der Waals surface area contributed by atoms with Gasteiger partial charge in [-0.25, -0.2) is 0 Å². The van der Waals surface area contributed by atoms with Crippen LogP contribution in [0.2, 0.25) is 0 Å².